The molecule has 0 saturated carbocycles. The summed E-state index contributed by atoms with van der Waals surface area (Å²) in [6.07, 6.45) is 3.07. The minimum absolute atomic E-state index is 0.180. The van der Waals surface area contributed by atoms with Crippen molar-refractivity contribution in [2.24, 2.45) is 5.11 Å². The number of aliphatic hydroxyl groups is 1. The second-order valence-corrected chi connectivity index (χ2v) is 2.79. The predicted molar refractivity (Wildman–Crippen MR) is 55.4 cm³/mol. The van der Waals surface area contributed by atoms with Crippen LogP contribution in [0.1, 0.15) is 11.1 Å². The second kappa shape index (κ2) is 5.80. The Morgan fingerprint density at radius 3 is 3.00 bits per heavy atom. The first-order chi connectivity index (χ1) is 7.29. The van der Waals surface area contributed by atoms with Crippen molar-refractivity contribution in [1.29, 1.82) is 0 Å². The predicted octanol–water partition coefficient (Wildman–Crippen LogP) is 2.64. The minimum atomic E-state index is -0.447. The summed E-state index contributed by atoms with van der Waals surface area (Å²) in [5.41, 5.74) is 8.64. The maximum absolute atomic E-state index is 13.5. The number of azide groups is 1. The van der Waals surface area contributed by atoms with Crippen LogP contribution < -0.4 is 0 Å². The van der Waals surface area contributed by atoms with Gasteiger partial charge in [0, 0.05) is 22.6 Å². The van der Waals surface area contributed by atoms with E-state index in [4.69, 9.17) is 10.6 Å². The third kappa shape index (κ3) is 3.09. The number of benzene rings is 1. The molecule has 0 heterocycles. The van der Waals surface area contributed by atoms with E-state index in [1.165, 1.54) is 12.1 Å². The Balaban J connectivity index is 2.85. The summed E-state index contributed by atoms with van der Waals surface area (Å²) < 4.78 is 13.5. The first-order valence-electron chi connectivity index (χ1n) is 4.35. The van der Waals surface area contributed by atoms with Crippen LogP contribution in [0.15, 0.2) is 29.4 Å². The molecule has 15 heavy (non-hydrogen) atoms. The van der Waals surface area contributed by atoms with Gasteiger partial charge in [0.2, 0.25) is 0 Å². The molecular weight excluding hydrogens is 197 g/mol. The van der Waals surface area contributed by atoms with Gasteiger partial charge in [-0.15, -0.1) is 0 Å². The summed E-state index contributed by atoms with van der Waals surface area (Å²) in [4.78, 5) is 2.56. The molecule has 0 unspecified atom stereocenters. The molecule has 0 amide bonds. The van der Waals surface area contributed by atoms with Gasteiger partial charge in [-0.05, 0) is 5.53 Å². The highest BCUT2D eigenvalue weighted by molar-refractivity contribution is 5.51. The average molecular weight is 207 g/mol. The van der Waals surface area contributed by atoms with Crippen LogP contribution in [0.2, 0.25) is 0 Å². The highest BCUT2D eigenvalue weighted by Gasteiger charge is 2.03. The van der Waals surface area contributed by atoms with E-state index < -0.39 is 5.82 Å². The van der Waals surface area contributed by atoms with Crippen LogP contribution >= 0.6 is 0 Å². The van der Waals surface area contributed by atoms with Crippen molar-refractivity contribution in [2.45, 2.75) is 6.61 Å². The Morgan fingerprint density at radius 2 is 2.33 bits per heavy atom. The normalized spacial score (nSPS) is 10.3. The standard InChI is InChI=1S/C10H10FN3O/c11-10-8(5-2-6-13-14-12)3-1-4-9(10)7-15/h1-5,15H,6-7H2. The first kappa shape index (κ1) is 11.2. The van der Waals surface area contributed by atoms with Gasteiger partial charge in [-0.1, -0.05) is 35.5 Å². The number of hydrogen-bond acceptors (Lipinski definition) is 2. The van der Waals surface area contributed by atoms with E-state index >= 15 is 0 Å². The molecule has 1 rings (SSSR count). The fraction of sp³-hybridized carbons (Fsp3) is 0.200. The van der Waals surface area contributed by atoms with E-state index in [1.54, 1.807) is 18.2 Å². The average Bonchev–Trinajstić information content (AvgIpc) is 2.26. The highest BCUT2D eigenvalue weighted by atomic mass is 19.1. The van der Waals surface area contributed by atoms with Crippen LogP contribution in [0.25, 0.3) is 16.5 Å². The number of rotatable bonds is 4. The molecule has 1 aromatic rings. The molecule has 0 aromatic heterocycles. The van der Waals surface area contributed by atoms with Gasteiger partial charge in [0.25, 0.3) is 0 Å². The zero-order valence-corrected chi connectivity index (χ0v) is 7.97. The number of halogens is 1. The van der Waals surface area contributed by atoms with Crippen molar-refractivity contribution in [3.05, 3.63) is 51.7 Å². The largest absolute Gasteiger partial charge is 0.392 e. The van der Waals surface area contributed by atoms with Crippen LogP contribution in [0.5, 0.6) is 0 Å². The Bertz CT molecular complexity index is 411. The summed E-state index contributed by atoms with van der Waals surface area (Å²) in [6.45, 7) is -0.150. The zero-order chi connectivity index (χ0) is 11.1. The van der Waals surface area contributed by atoms with Crippen LogP contribution in [0.4, 0.5) is 4.39 Å². The van der Waals surface area contributed by atoms with Crippen molar-refractivity contribution in [3.63, 3.8) is 0 Å². The Kier molecular flexibility index (Phi) is 4.34. The maximum Gasteiger partial charge on any atom is 0.135 e. The Labute approximate surface area is 86.3 Å². The summed E-state index contributed by atoms with van der Waals surface area (Å²) in [5.74, 6) is -0.447. The molecule has 0 atom stereocenters. The summed E-state index contributed by atoms with van der Waals surface area (Å²) in [6, 6.07) is 4.75. The summed E-state index contributed by atoms with van der Waals surface area (Å²) in [7, 11) is 0. The lowest BCUT2D eigenvalue weighted by atomic mass is 10.1. The lowest BCUT2D eigenvalue weighted by Crippen LogP contribution is -1.92. The minimum Gasteiger partial charge on any atom is -0.392 e. The van der Waals surface area contributed by atoms with Gasteiger partial charge in [0.05, 0.1) is 6.61 Å². The number of nitrogens with zero attached hydrogens (tertiary/aromatic N) is 3. The van der Waals surface area contributed by atoms with Gasteiger partial charge in [0.1, 0.15) is 5.82 Å². The fourth-order valence-corrected chi connectivity index (χ4v) is 1.11. The molecule has 0 saturated heterocycles. The first-order valence-corrected chi connectivity index (χ1v) is 4.35. The zero-order valence-electron chi connectivity index (χ0n) is 7.97. The summed E-state index contributed by atoms with van der Waals surface area (Å²) in [5, 5.41) is 12.1. The molecule has 0 aliphatic carbocycles. The molecular formula is C10H10FN3O. The van der Waals surface area contributed by atoms with Crippen molar-refractivity contribution in [3.8, 4) is 0 Å². The van der Waals surface area contributed by atoms with Gasteiger partial charge >= 0.3 is 0 Å². The van der Waals surface area contributed by atoms with Crippen molar-refractivity contribution in [1.82, 2.24) is 0 Å². The third-order valence-corrected chi connectivity index (χ3v) is 1.83. The van der Waals surface area contributed by atoms with E-state index in [9.17, 15) is 4.39 Å². The van der Waals surface area contributed by atoms with E-state index in [0.29, 0.717) is 5.56 Å². The SMILES string of the molecule is [N-]=[N+]=NCC=Cc1cccc(CO)c1F. The maximum atomic E-state index is 13.5. The van der Waals surface area contributed by atoms with Crippen LogP contribution in [0.3, 0.4) is 0 Å². The third-order valence-electron chi connectivity index (χ3n) is 1.83. The van der Waals surface area contributed by atoms with Crippen molar-refractivity contribution >= 4 is 6.08 Å². The lowest BCUT2D eigenvalue weighted by Gasteiger charge is -2.01. The Morgan fingerprint density at radius 1 is 1.53 bits per heavy atom. The molecule has 1 N–H and O–H groups in total. The van der Waals surface area contributed by atoms with Crippen LogP contribution in [0, 0.1) is 5.82 Å². The molecule has 5 heteroatoms. The molecule has 78 valence electrons. The van der Waals surface area contributed by atoms with Gasteiger partial charge in [-0.25, -0.2) is 4.39 Å². The quantitative estimate of drug-likeness (QED) is 0.460. The lowest BCUT2D eigenvalue weighted by molar-refractivity contribution is 0.275. The van der Waals surface area contributed by atoms with Gasteiger partial charge < -0.3 is 5.11 Å². The fourth-order valence-electron chi connectivity index (χ4n) is 1.11. The van der Waals surface area contributed by atoms with Gasteiger partial charge in [0.15, 0.2) is 0 Å². The molecule has 1 aromatic carbocycles. The van der Waals surface area contributed by atoms with Crippen LogP contribution in [-0.4, -0.2) is 11.7 Å². The van der Waals surface area contributed by atoms with E-state index in [2.05, 4.69) is 10.0 Å². The van der Waals surface area contributed by atoms with E-state index in [1.807, 2.05) is 0 Å². The van der Waals surface area contributed by atoms with Crippen molar-refractivity contribution < 1.29 is 9.50 Å². The molecule has 0 aliphatic heterocycles. The van der Waals surface area contributed by atoms with E-state index in [0.717, 1.165) is 0 Å². The Hall–Kier alpha value is -1.84. The summed E-state index contributed by atoms with van der Waals surface area (Å²) >= 11 is 0. The number of hydrogen-bond donors (Lipinski definition) is 1. The van der Waals surface area contributed by atoms with Gasteiger partial charge in [-0.2, -0.15) is 0 Å². The van der Waals surface area contributed by atoms with Crippen molar-refractivity contribution in [2.75, 3.05) is 6.54 Å². The van der Waals surface area contributed by atoms with Crippen LogP contribution in [-0.2, 0) is 6.61 Å². The number of aliphatic hydroxyl groups excluding tert-OH is 1. The highest BCUT2D eigenvalue weighted by Crippen LogP contribution is 2.14. The molecule has 0 bridgehead atoms. The smallest absolute Gasteiger partial charge is 0.135 e. The topological polar surface area (TPSA) is 69.0 Å². The molecule has 0 fully saturated rings. The monoisotopic (exact) mass is 207 g/mol. The molecule has 0 radical (unpaired) electrons. The molecule has 4 nitrogen and oxygen atoms in total. The van der Waals surface area contributed by atoms with E-state index in [-0.39, 0.29) is 18.7 Å². The second-order valence-electron chi connectivity index (χ2n) is 2.79. The molecule has 0 spiro atoms. The van der Waals surface area contributed by atoms with Gasteiger partial charge in [-0.3, -0.25) is 0 Å². The molecule has 0 aliphatic rings.